The van der Waals surface area contributed by atoms with Gasteiger partial charge in [0, 0.05) is 18.0 Å². The van der Waals surface area contributed by atoms with E-state index < -0.39 is 10.4 Å². The summed E-state index contributed by atoms with van der Waals surface area (Å²) in [5.74, 6) is -0.571. The zero-order chi connectivity index (χ0) is 14.2. The van der Waals surface area contributed by atoms with Crippen LogP contribution < -0.4 is 16.9 Å². The van der Waals surface area contributed by atoms with Crippen LogP contribution in [0.2, 0.25) is 0 Å². The van der Waals surface area contributed by atoms with Gasteiger partial charge in [-0.3, -0.25) is 18.9 Å². The molecule has 0 atom stereocenters. The number of rotatable bonds is 2. The molecule has 0 radical (unpaired) electrons. The van der Waals surface area contributed by atoms with Crippen LogP contribution in [0, 0.1) is 0 Å². The Bertz CT molecular complexity index is 502. The first-order chi connectivity index (χ1) is 8.20. The van der Waals surface area contributed by atoms with Crippen molar-refractivity contribution in [3.63, 3.8) is 0 Å². The molecule has 0 bridgehead atoms. The third-order valence-corrected chi connectivity index (χ3v) is 1.23. The first kappa shape index (κ1) is 15.8. The topological polar surface area (TPSA) is 181 Å². The van der Waals surface area contributed by atoms with E-state index in [0.717, 1.165) is 0 Å². The van der Waals surface area contributed by atoms with E-state index in [2.05, 4.69) is 15.5 Å². The average Bonchev–Trinajstić information content (AvgIpc) is 2.25. The van der Waals surface area contributed by atoms with Crippen LogP contribution >= 0.6 is 0 Å². The highest BCUT2D eigenvalue weighted by Gasteiger charge is 2.01. The van der Waals surface area contributed by atoms with Gasteiger partial charge in [0.25, 0.3) is 5.91 Å². The average molecular weight is 277 g/mol. The van der Waals surface area contributed by atoms with E-state index in [1.165, 1.54) is 12.4 Å². The van der Waals surface area contributed by atoms with E-state index in [1.807, 2.05) is 0 Å². The van der Waals surface area contributed by atoms with Crippen molar-refractivity contribution in [2.75, 3.05) is 0 Å². The molecule has 1 amide bonds. The predicted octanol–water partition coefficient (Wildman–Crippen LogP) is -1.65. The summed E-state index contributed by atoms with van der Waals surface area (Å²) in [7, 11) is -4.67. The summed E-state index contributed by atoms with van der Waals surface area (Å²) in [5, 5.41) is 3.35. The van der Waals surface area contributed by atoms with Gasteiger partial charge >= 0.3 is 10.4 Å². The van der Waals surface area contributed by atoms with Gasteiger partial charge in [-0.2, -0.15) is 8.42 Å². The predicted molar refractivity (Wildman–Crippen MR) is 61.7 cm³/mol. The second-order valence-electron chi connectivity index (χ2n) is 2.66. The molecule has 0 spiro atoms. The minimum Gasteiger partial charge on any atom is -0.369 e. The van der Waals surface area contributed by atoms with Crippen LogP contribution in [-0.4, -0.2) is 34.4 Å². The number of pyridine rings is 1. The second kappa shape index (κ2) is 7.16. The van der Waals surface area contributed by atoms with Crippen LogP contribution in [0.1, 0.15) is 10.4 Å². The van der Waals surface area contributed by atoms with E-state index in [9.17, 15) is 4.79 Å². The summed E-state index contributed by atoms with van der Waals surface area (Å²) in [6, 6.07) is 3.11. The molecule has 1 heterocycles. The SMILES string of the molecule is NC(N)=NNC(=O)c1ccncc1.O=S(=O)(O)O. The van der Waals surface area contributed by atoms with Crippen molar-refractivity contribution >= 4 is 22.3 Å². The third kappa shape index (κ3) is 10.3. The number of nitrogens with two attached hydrogens (primary N) is 2. The summed E-state index contributed by atoms with van der Waals surface area (Å²) in [6.45, 7) is 0. The van der Waals surface area contributed by atoms with Crippen LogP contribution in [0.15, 0.2) is 29.6 Å². The fraction of sp³-hybridized carbons (Fsp3) is 0. The highest BCUT2D eigenvalue weighted by molar-refractivity contribution is 7.79. The summed E-state index contributed by atoms with van der Waals surface area (Å²) in [6.07, 6.45) is 3.01. The number of guanidine groups is 1. The van der Waals surface area contributed by atoms with Gasteiger partial charge in [-0.15, -0.1) is 5.10 Å². The summed E-state index contributed by atoms with van der Waals surface area (Å²) in [5.41, 5.74) is 12.7. The molecule has 1 aromatic heterocycles. The molecule has 1 rings (SSSR count). The van der Waals surface area contributed by atoms with Crippen LogP contribution in [0.3, 0.4) is 0 Å². The smallest absolute Gasteiger partial charge is 0.369 e. The molecule has 0 fully saturated rings. The lowest BCUT2D eigenvalue weighted by Crippen LogP contribution is -2.28. The van der Waals surface area contributed by atoms with Crippen molar-refractivity contribution < 1.29 is 22.3 Å². The zero-order valence-electron chi connectivity index (χ0n) is 8.89. The van der Waals surface area contributed by atoms with Crippen molar-refractivity contribution in [2.45, 2.75) is 0 Å². The Kier molecular flexibility index (Phi) is 6.27. The van der Waals surface area contributed by atoms with E-state index >= 15 is 0 Å². The van der Waals surface area contributed by atoms with Gasteiger partial charge in [-0.05, 0) is 12.1 Å². The summed E-state index contributed by atoms with van der Waals surface area (Å²) in [4.78, 5) is 14.9. The second-order valence-corrected chi connectivity index (χ2v) is 3.56. The maximum atomic E-state index is 11.2. The van der Waals surface area contributed by atoms with Gasteiger partial charge in [0.2, 0.25) is 5.96 Å². The normalized spacial score (nSPS) is 9.67. The Morgan fingerprint density at radius 3 is 2.11 bits per heavy atom. The fourth-order valence-corrected chi connectivity index (χ4v) is 0.683. The molecule has 10 nitrogen and oxygen atoms in total. The Hall–Kier alpha value is -2.24. The molecular formula is C7H11N5O5S. The minimum absolute atomic E-state index is 0.192. The van der Waals surface area contributed by atoms with Crippen molar-refractivity contribution in [1.29, 1.82) is 0 Å². The number of hydrogen-bond acceptors (Lipinski definition) is 5. The molecule has 7 N–H and O–H groups in total. The van der Waals surface area contributed by atoms with Gasteiger partial charge in [0.15, 0.2) is 0 Å². The van der Waals surface area contributed by atoms with Crippen LogP contribution in [0.25, 0.3) is 0 Å². The molecule has 11 heteroatoms. The Morgan fingerprint density at radius 2 is 1.72 bits per heavy atom. The van der Waals surface area contributed by atoms with Crippen molar-refractivity contribution in [2.24, 2.45) is 16.6 Å². The van der Waals surface area contributed by atoms with Crippen molar-refractivity contribution in [1.82, 2.24) is 10.4 Å². The number of carbonyl (C=O) groups excluding carboxylic acids is 1. The number of hydrogen-bond donors (Lipinski definition) is 5. The number of carbonyl (C=O) groups is 1. The number of nitrogens with one attached hydrogen (secondary N) is 1. The fourth-order valence-electron chi connectivity index (χ4n) is 0.683. The Balaban J connectivity index is 0.000000494. The summed E-state index contributed by atoms with van der Waals surface area (Å²) < 4.78 is 31.6. The van der Waals surface area contributed by atoms with Crippen molar-refractivity contribution in [3.8, 4) is 0 Å². The van der Waals surface area contributed by atoms with Gasteiger partial charge in [-0.25, -0.2) is 5.43 Å². The highest BCUT2D eigenvalue weighted by Crippen LogP contribution is 1.94. The lowest BCUT2D eigenvalue weighted by Gasteiger charge is -1.98. The van der Waals surface area contributed by atoms with Gasteiger partial charge in [-0.1, -0.05) is 0 Å². The molecule has 0 aromatic carbocycles. The third-order valence-electron chi connectivity index (χ3n) is 1.23. The molecule has 18 heavy (non-hydrogen) atoms. The molecule has 100 valence electrons. The molecular weight excluding hydrogens is 266 g/mol. The Morgan fingerprint density at radius 1 is 1.28 bits per heavy atom. The van der Waals surface area contributed by atoms with Crippen molar-refractivity contribution in [3.05, 3.63) is 30.1 Å². The minimum atomic E-state index is -4.67. The van der Waals surface area contributed by atoms with Crippen LogP contribution in [-0.2, 0) is 10.4 Å². The van der Waals surface area contributed by atoms with Crippen LogP contribution in [0.5, 0.6) is 0 Å². The largest absolute Gasteiger partial charge is 0.394 e. The van der Waals surface area contributed by atoms with E-state index in [-0.39, 0.29) is 11.9 Å². The standard InChI is InChI=1S/C7H9N5O.H2O4S/c8-7(9)12-11-6(13)5-1-3-10-4-2-5;1-5(2,3)4/h1-4H,(H,11,13)(H4,8,9,12);(H2,1,2,3,4). The van der Waals surface area contributed by atoms with Crippen LogP contribution in [0.4, 0.5) is 0 Å². The molecule has 0 aliphatic heterocycles. The van der Waals surface area contributed by atoms with Gasteiger partial charge < -0.3 is 11.5 Å². The number of amides is 1. The highest BCUT2D eigenvalue weighted by atomic mass is 32.3. The monoisotopic (exact) mass is 277 g/mol. The maximum absolute atomic E-state index is 11.2. The molecule has 0 saturated heterocycles. The number of hydrazone groups is 1. The van der Waals surface area contributed by atoms with E-state index in [4.69, 9.17) is 29.0 Å². The first-order valence-corrected chi connectivity index (χ1v) is 5.58. The molecule has 0 aliphatic rings. The number of aromatic nitrogens is 1. The number of nitrogens with zero attached hydrogens (tertiary/aromatic N) is 2. The summed E-state index contributed by atoms with van der Waals surface area (Å²) >= 11 is 0. The zero-order valence-corrected chi connectivity index (χ0v) is 9.70. The Labute approximate surface area is 102 Å². The maximum Gasteiger partial charge on any atom is 0.394 e. The van der Waals surface area contributed by atoms with E-state index in [1.54, 1.807) is 12.1 Å². The molecule has 0 aliphatic carbocycles. The lowest BCUT2D eigenvalue weighted by atomic mass is 10.3. The first-order valence-electron chi connectivity index (χ1n) is 4.19. The van der Waals surface area contributed by atoms with Gasteiger partial charge in [0.1, 0.15) is 0 Å². The lowest BCUT2D eigenvalue weighted by molar-refractivity contribution is 0.0954. The van der Waals surface area contributed by atoms with E-state index in [0.29, 0.717) is 5.56 Å². The van der Waals surface area contributed by atoms with Gasteiger partial charge in [0.05, 0.1) is 0 Å². The molecule has 0 unspecified atom stereocenters. The molecule has 1 aromatic rings. The quantitative estimate of drug-likeness (QED) is 0.184. The molecule has 0 saturated carbocycles.